The van der Waals surface area contributed by atoms with E-state index in [0.717, 1.165) is 0 Å². The molecular weight excluding hydrogens is 384 g/mol. The maximum Gasteiger partial charge on any atom is 0.261 e. The van der Waals surface area contributed by atoms with Crippen molar-refractivity contribution in [2.45, 2.75) is 44.4 Å². The predicted octanol–water partition coefficient (Wildman–Crippen LogP) is 4.37. The molecule has 28 heavy (non-hydrogen) atoms. The van der Waals surface area contributed by atoms with Crippen LogP contribution in [0.25, 0.3) is 0 Å². The lowest BCUT2D eigenvalue weighted by atomic mass is 10.1. The fourth-order valence-corrected chi connectivity index (χ4v) is 8.77. The van der Waals surface area contributed by atoms with E-state index in [1.165, 1.54) is 10.4 Å². The highest BCUT2D eigenvalue weighted by molar-refractivity contribution is 7.79. The van der Waals surface area contributed by atoms with Crippen molar-refractivity contribution in [1.29, 1.82) is 0 Å². The van der Waals surface area contributed by atoms with Gasteiger partial charge in [0.25, 0.3) is 8.32 Å². The minimum Gasteiger partial charge on any atom is -0.407 e. The first-order chi connectivity index (χ1) is 13.2. The molecule has 0 radical (unpaired) electrons. The molecule has 0 aliphatic carbocycles. The zero-order chi connectivity index (χ0) is 20.8. The van der Waals surface area contributed by atoms with Crippen LogP contribution in [0.5, 0.6) is 0 Å². The molecule has 0 heterocycles. The molecule has 2 rings (SSSR count). The topological polar surface area (TPSA) is 46.5 Å². The van der Waals surface area contributed by atoms with Gasteiger partial charge < -0.3 is 8.98 Å². The van der Waals surface area contributed by atoms with Gasteiger partial charge in [0.15, 0.2) is 11.1 Å². The van der Waals surface area contributed by atoms with Gasteiger partial charge in [-0.25, -0.2) is 4.21 Å². The molecule has 0 saturated heterocycles. The second kappa shape index (κ2) is 9.79. The van der Waals surface area contributed by atoms with Gasteiger partial charge in [-0.3, -0.25) is 0 Å². The Morgan fingerprint density at radius 3 is 1.89 bits per heavy atom. The van der Waals surface area contributed by atoms with Gasteiger partial charge in [-0.1, -0.05) is 87.5 Å². The van der Waals surface area contributed by atoms with Crippen LogP contribution in [0.1, 0.15) is 34.1 Å². The zero-order valence-electron chi connectivity index (χ0n) is 17.3. The molecule has 0 fully saturated rings. The van der Waals surface area contributed by atoms with Gasteiger partial charge in [0.1, 0.15) is 0 Å². The molecule has 0 aliphatic rings. The molecule has 0 amide bonds. The van der Waals surface area contributed by atoms with Crippen LogP contribution in [-0.4, -0.2) is 28.9 Å². The second-order valence-electron chi connectivity index (χ2n) is 8.29. The van der Waals surface area contributed by atoms with Crippen LogP contribution in [-0.2, 0) is 15.5 Å². The third-order valence-electron chi connectivity index (χ3n) is 5.24. The molecule has 3 nitrogen and oxygen atoms in total. The quantitative estimate of drug-likeness (QED) is 0.375. The Bertz CT molecular complexity index is 732. The highest BCUT2D eigenvalue weighted by Crippen LogP contribution is 2.37. The Morgan fingerprint density at radius 1 is 1.07 bits per heavy atom. The number of hydrogen-bond donors (Lipinski definition) is 1. The van der Waals surface area contributed by atoms with Crippen LogP contribution in [0, 0.1) is 5.92 Å². The Balaban J connectivity index is 2.47. The highest BCUT2D eigenvalue weighted by atomic mass is 32.2. The van der Waals surface area contributed by atoms with Crippen LogP contribution >= 0.6 is 0 Å². The molecule has 0 bridgehead atoms. The first-order valence-corrected chi connectivity index (χ1v) is 12.8. The fourth-order valence-electron chi connectivity index (χ4n) is 3.73. The van der Waals surface area contributed by atoms with E-state index in [-0.39, 0.29) is 16.2 Å². The zero-order valence-corrected chi connectivity index (χ0v) is 19.1. The van der Waals surface area contributed by atoms with E-state index in [1.807, 2.05) is 18.2 Å². The Hall–Kier alpha value is -1.53. The maximum atomic E-state index is 11.4. The molecule has 0 spiro atoms. The Labute approximate surface area is 173 Å². The smallest absolute Gasteiger partial charge is 0.261 e. The normalized spacial score (nSPS) is 15.6. The third-order valence-corrected chi connectivity index (χ3v) is 11.1. The predicted molar refractivity (Wildman–Crippen MR) is 122 cm³/mol. The summed E-state index contributed by atoms with van der Waals surface area (Å²) in [6.07, 6.45) is 2.42. The summed E-state index contributed by atoms with van der Waals surface area (Å²) in [4.78, 5) is 0. The lowest BCUT2D eigenvalue weighted by molar-refractivity contribution is 0.252. The summed E-state index contributed by atoms with van der Waals surface area (Å²) >= 11 is -1.84. The molecule has 5 heteroatoms. The van der Waals surface area contributed by atoms with E-state index in [2.05, 4.69) is 75.9 Å². The number of benzene rings is 2. The SMILES string of the molecule is C=C[C@H](CO[Si](c1ccccc1)(c1ccccc1)C(C)(C)C)C[C@@H](C)S(=O)O. The van der Waals surface area contributed by atoms with Crippen molar-refractivity contribution in [3.05, 3.63) is 73.3 Å². The maximum absolute atomic E-state index is 11.4. The average molecular weight is 417 g/mol. The minimum absolute atomic E-state index is 0.0211. The van der Waals surface area contributed by atoms with E-state index >= 15 is 0 Å². The first kappa shape index (κ1) is 22.8. The van der Waals surface area contributed by atoms with Gasteiger partial charge >= 0.3 is 0 Å². The Morgan fingerprint density at radius 2 is 1.54 bits per heavy atom. The summed E-state index contributed by atoms with van der Waals surface area (Å²) < 4.78 is 27.7. The standard InChI is InChI=1S/C23H32O3SSi/c1-6-20(17-19(2)27(24)25)18-26-28(23(3,4)5,21-13-9-7-10-14-21)22-15-11-8-12-16-22/h6-16,19-20H,1,17-18H2,2-5H3,(H,24,25)/t19-,20+/m1/s1. The molecule has 152 valence electrons. The summed E-state index contributed by atoms with van der Waals surface area (Å²) in [6, 6.07) is 21.0. The van der Waals surface area contributed by atoms with E-state index in [0.29, 0.717) is 13.0 Å². The molecule has 1 N–H and O–H groups in total. The van der Waals surface area contributed by atoms with Gasteiger partial charge in [0.05, 0.1) is 5.25 Å². The van der Waals surface area contributed by atoms with Gasteiger partial charge in [0, 0.05) is 6.61 Å². The summed E-state index contributed by atoms with van der Waals surface area (Å²) in [5, 5.41) is 2.06. The van der Waals surface area contributed by atoms with Crippen LogP contribution in [0.4, 0.5) is 0 Å². The van der Waals surface area contributed by atoms with Crippen LogP contribution < -0.4 is 10.4 Å². The monoisotopic (exact) mass is 416 g/mol. The second-order valence-corrected chi connectivity index (χ2v) is 14.0. The average Bonchev–Trinajstić information content (AvgIpc) is 2.67. The number of rotatable bonds is 9. The molecule has 0 saturated carbocycles. The van der Waals surface area contributed by atoms with Gasteiger partial charge in [-0.05, 0) is 34.7 Å². The molecule has 2 aromatic rings. The van der Waals surface area contributed by atoms with E-state index in [4.69, 9.17) is 4.43 Å². The van der Waals surface area contributed by atoms with Gasteiger partial charge in [-0.2, -0.15) is 0 Å². The van der Waals surface area contributed by atoms with Gasteiger partial charge in [-0.15, -0.1) is 6.58 Å². The van der Waals surface area contributed by atoms with Crippen molar-refractivity contribution < 1.29 is 13.2 Å². The fraction of sp³-hybridized carbons (Fsp3) is 0.391. The van der Waals surface area contributed by atoms with Crippen LogP contribution in [0.3, 0.4) is 0 Å². The molecule has 3 atom stereocenters. The summed E-state index contributed by atoms with van der Waals surface area (Å²) in [7, 11) is -2.59. The van der Waals surface area contributed by atoms with Crippen molar-refractivity contribution in [2.24, 2.45) is 5.92 Å². The van der Waals surface area contributed by atoms with Crippen LogP contribution in [0.15, 0.2) is 73.3 Å². The molecule has 1 unspecified atom stereocenters. The first-order valence-electron chi connectivity index (χ1n) is 9.69. The van der Waals surface area contributed by atoms with E-state index < -0.39 is 19.4 Å². The van der Waals surface area contributed by atoms with Crippen molar-refractivity contribution >= 4 is 29.8 Å². The lowest BCUT2D eigenvalue weighted by Crippen LogP contribution is -2.66. The molecular formula is C23H32O3SSi. The molecule has 0 aromatic heterocycles. The lowest BCUT2D eigenvalue weighted by Gasteiger charge is -2.43. The molecule has 2 aromatic carbocycles. The summed E-state index contributed by atoms with van der Waals surface area (Å²) in [5.41, 5.74) is 0. The third kappa shape index (κ3) is 5.09. The van der Waals surface area contributed by atoms with Crippen molar-refractivity contribution in [1.82, 2.24) is 0 Å². The van der Waals surface area contributed by atoms with E-state index in [9.17, 15) is 8.76 Å². The van der Waals surface area contributed by atoms with Crippen molar-refractivity contribution in [3.8, 4) is 0 Å². The largest absolute Gasteiger partial charge is 0.407 e. The highest BCUT2D eigenvalue weighted by Gasteiger charge is 2.50. The van der Waals surface area contributed by atoms with Crippen LogP contribution in [0.2, 0.25) is 5.04 Å². The minimum atomic E-state index is -2.59. The van der Waals surface area contributed by atoms with Crippen molar-refractivity contribution in [2.75, 3.05) is 6.61 Å². The van der Waals surface area contributed by atoms with E-state index in [1.54, 1.807) is 6.92 Å². The summed E-state index contributed by atoms with van der Waals surface area (Å²) in [5.74, 6) is 0.0211. The summed E-state index contributed by atoms with van der Waals surface area (Å²) in [6.45, 7) is 12.9. The van der Waals surface area contributed by atoms with Crippen molar-refractivity contribution in [3.63, 3.8) is 0 Å². The molecule has 0 aliphatic heterocycles. The Kier molecular flexibility index (Phi) is 7.95. The van der Waals surface area contributed by atoms with Gasteiger partial charge in [0.2, 0.25) is 0 Å². The number of hydrogen-bond acceptors (Lipinski definition) is 2.